The second-order valence-electron chi connectivity index (χ2n) is 5.83. The maximum absolute atomic E-state index is 12.0. The lowest BCUT2D eigenvalue weighted by atomic mass is 10.0. The van der Waals surface area contributed by atoms with Crippen LogP contribution in [0.25, 0.3) is 0 Å². The molecule has 0 heterocycles. The zero-order valence-electron chi connectivity index (χ0n) is 14.6. The van der Waals surface area contributed by atoms with Gasteiger partial charge in [0.05, 0.1) is 0 Å². The predicted octanol–water partition coefficient (Wildman–Crippen LogP) is 3.33. The maximum atomic E-state index is 12.0. The number of hydrogen-bond donors (Lipinski definition) is 2. The lowest BCUT2D eigenvalue weighted by Crippen LogP contribution is -2.31. The molecule has 0 saturated heterocycles. The van der Waals surface area contributed by atoms with Crippen molar-refractivity contribution < 1.29 is 14.3 Å². The zero-order valence-corrected chi connectivity index (χ0v) is 14.6. The molecule has 0 aliphatic heterocycles. The van der Waals surface area contributed by atoms with Crippen molar-refractivity contribution in [2.75, 3.05) is 18.5 Å². The third-order valence-electron chi connectivity index (χ3n) is 3.78. The van der Waals surface area contributed by atoms with Crippen molar-refractivity contribution >= 4 is 17.5 Å². The molecule has 0 unspecified atom stereocenters. The van der Waals surface area contributed by atoms with Crippen LogP contribution in [0.4, 0.5) is 5.69 Å². The van der Waals surface area contributed by atoms with Gasteiger partial charge in [0.25, 0.3) is 5.91 Å². The fourth-order valence-corrected chi connectivity index (χ4v) is 2.28. The maximum Gasteiger partial charge on any atom is 0.257 e. The molecule has 2 amide bonds. The summed E-state index contributed by atoms with van der Waals surface area (Å²) in [6.07, 6.45) is 0.410. The Morgan fingerprint density at radius 2 is 1.80 bits per heavy atom. The molecule has 2 aromatic carbocycles. The Balaban J connectivity index is 1.78. The summed E-state index contributed by atoms with van der Waals surface area (Å²) < 4.78 is 5.50. The van der Waals surface area contributed by atoms with E-state index >= 15 is 0 Å². The van der Waals surface area contributed by atoms with Crippen molar-refractivity contribution in [2.45, 2.75) is 26.2 Å². The van der Waals surface area contributed by atoms with Gasteiger partial charge in [-0.2, -0.15) is 0 Å². The quantitative estimate of drug-likeness (QED) is 0.774. The van der Waals surface area contributed by atoms with E-state index in [1.165, 1.54) is 5.56 Å². The molecule has 0 aromatic heterocycles. The van der Waals surface area contributed by atoms with E-state index in [1.54, 1.807) is 31.2 Å². The highest BCUT2D eigenvalue weighted by atomic mass is 16.5. The first-order valence-corrected chi connectivity index (χ1v) is 8.43. The fourth-order valence-electron chi connectivity index (χ4n) is 2.28. The Morgan fingerprint density at radius 1 is 1.04 bits per heavy atom. The molecule has 0 aliphatic carbocycles. The van der Waals surface area contributed by atoms with Gasteiger partial charge in [-0.1, -0.05) is 50.2 Å². The van der Waals surface area contributed by atoms with Gasteiger partial charge in [-0.15, -0.1) is 0 Å². The topological polar surface area (TPSA) is 67.4 Å². The first kappa shape index (κ1) is 18.5. The van der Waals surface area contributed by atoms with Crippen LogP contribution >= 0.6 is 0 Å². The highest BCUT2D eigenvalue weighted by Crippen LogP contribution is 2.17. The van der Waals surface area contributed by atoms with Crippen molar-refractivity contribution in [1.29, 1.82) is 0 Å². The van der Waals surface area contributed by atoms with Gasteiger partial charge in [-0.3, -0.25) is 9.59 Å². The lowest BCUT2D eigenvalue weighted by Gasteiger charge is -2.13. The van der Waals surface area contributed by atoms with E-state index in [0.29, 0.717) is 24.4 Å². The van der Waals surface area contributed by atoms with Crippen molar-refractivity contribution in [3.63, 3.8) is 0 Å². The van der Waals surface area contributed by atoms with Crippen LogP contribution < -0.4 is 15.4 Å². The molecule has 0 bridgehead atoms. The van der Waals surface area contributed by atoms with Crippen LogP contribution in [0.2, 0.25) is 0 Å². The highest BCUT2D eigenvalue weighted by molar-refractivity contribution is 5.90. The standard InChI is InChI=1S/C20H24N2O3/c1-3-19(23)22-17-10-7-11-18(12-17)25-14-20(24)21-13-15(2)16-8-5-4-6-9-16/h4-12,15H,3,13-14H2,1-2H3,(H,21,24)(H,22,23)/t15-/m1/s1. The smallest absolute Gasteiger partial charge is 0.257 e. The molecule has 132 valence electrons. The molecule has 0 radical (unpaired) electrons. The van der Waals surface area contributed by atoms with Gasteiger partial charge in [0, 0.05) is 24.7 Å². The van der Waals surface area contributed by atoms with Crippen LogP contribution in [-0.4, -0.2) is 25.0 Å². The summed E-state index contributed by atoms with van der Waals surface area (Å²) in [5.41, 5.74) is 1.84. The summed E-state index contributed by atoms with van der Waals surface area (Å²) in [6, 6.07) is 17.0. The van der Waals surface area contributed by atoms with Gasteiger partial charge < -0.3 is 15.4 Å². The number of benzene rings is 2. The molecule has 25 heavy (non-hydrogen) atoms. The van der Waals surface area contributed by atoms with Crippen molar-refractivity contribution in [3.05, 3.63) is 60.2 Å². The van der Waals surface area contributed by atoms with Crippen LogP contribution in [0.5, 0.6) is 5.75 Å². The molecule has 0 spiro atoms. The molecule has 0 aliphatic rings. The number of rotatable bonds is 8. The second-order valence-corrected chi connectivity index (χ2v) is 5.83. The van der Waals surface area contributed by atoms with Crippen LogP contribution in [0.15, 0.2) is 54.6 Å². The van der Waals surface area contributed by atoms with Crippen molar-refractivity contribution in [3.8, 4) is 5.75 Å². The van der Waals surface area contributed by atoms with E-state index in [4.69, 9.17) is 4.74 Å². The van der Waals surface area contributed by atoms with Crippen molar-refractivity contribution in [1.82, 2.24) is 5.32 Å². The largest absolute Gasteiger partial charge is 0.484 e. The van der Waals surface area contributed by atoms with Gasteiger partial charge >= 0.3 is 0 Å². The normalized spacial score (nSPS) is 11.4. The minimum Gasteiger partial charge on any atom is -0.484 e. The number of carbonyl (C=O) groups excluding carboxylic acids is 2. The molecule has 1 atom stereocenters. The van der Waals surface area contributed by atoms with E-state index in [1.807, 2.05) is 30.3 Å². The first-order valence-electron chi connectivity index (χ1n) is 8.43. The van der Waals surface area contributed by atoms with Gasteiger partial charge in [0.2, 0.25) is 5.91 Å². The molecule has 5 heteroatoms. The van der Waals surface area contributed by atoms with E-state index in [2.05, 4.69) is 17.6 Å². The molecule has 2 rings (SSSR count). The molecule has 5 nitrogen and oxygen atoms in total. The number of ether oxygens (including phenoxy) is 1. The van der Waals surface area contributed by atoms with Crippen LogP contribution in [0.1, 0.15) is 31.7 Å². The summed E-state index contributed by atoms with van der Waals surface area (Å²) in [5, 5.41) is 5.63. The molecule has 0 saturated carbocycles. The zero-order chi connectivity index (χ0) is 18.1. The van der Waals surface area contributed by atoms with Gasteiger partial charge in [0.15, 0.2) is 6.61 Å². The second kappa shape index (κ2) is 9.47. The summed E-state index contributed by atoms with van der Waals surface area (Å²) in [7, 11) is 0. The molecule has 0 fully saturated rings. The molecular weight excluding hydrogens is 316 g/mol. The fraction of sp³-hybridized carbons (Fsp3) is 0.300. The lowest BCUT2D eigenvalue weighted by molar-refractivity contribution is -0.123. The number of amides is 2. The number of anilines is 1. The van der Waals surface area contributed by atoms with Gasteiger partial charge in [-0.25, -0.2) is 0 Å². The van der Waals surface area contributed by atoms with Gasteiger partial charge in [-0.05, 0) is 23.6 Å². The number of nitrogens with one attached hydrogen (secondary N) is 2. The molecule has 2 N–H and O–H groups in total. The van der Waals surface area contributed by atoms with Crippen LogP contribution in [0, 0.1) is 0 Å². The Hall–Kier alpha value is -2.82. The van der Waals surface area contributed by atoms with E-state index in [0.717, 1.165) is 0 Å². The van der Waals surface area contributed by atoms with E-state index in [-0.39, 0.29) is 24.3 Å². The summed E-state index contributed by atoms with van der Waals surface area (Å²) in [5.74, 6) is 0.536. The third-order valence-corrected chi connectivity index (χ3v) is 3.78. The minimum atomic E-state index is -0.175. The van der Waals surface area contributed by atoms with Crippen LogP contribution in [0.3, 0.4) is 0 Å². The summed E-state index contributed by atoms with van der Waals surface area (Å²) in [6.45, 7) is 4.35. The average Bonchev–Trinajstić information content (AvgIpc) is 2.65. The highest BCUT2D eigenvalue weighted by Gasteiger charge is 2.08. The van der Waals surface area contributed by atoms with E-state index in [9.17, 15) is 9.59 Å². The van der Waals surface area contributed by atoms with E-state index < -0.39 is 0 Å². The summed E-state index contributed by atoms with van der Waals surface area (Å²) >= 11 is 0. The SMILES string of the molecule is CCC(=O)Nc1cccc(OCC(=O)NC[C@@H](C)c2ccccc2)c1. The molecule has 2 aromatic rings. The monoisotopic (exact) mass is 340 g/mol. The minimum absolute atomic E-state index is 0.0628. The third kappa shape index (κ3) is 6.30. The first-order chi connectivity index (χ1) is 12.1. The molecular formula is C20H24N2O3. The summed E-state index contributed by atoms with van der Waals surface area (Å²) in [4.78, 5) is 23.4. The Kier molecular flexibility index (Phi) is 7.01. The van der Waals surface area contributed by atoms with Gasteiger partial charge in [0.1, 0.15) is 5.75 Å². The van der Waals surface area contributed by atoms with Crippen molar-refractivity contribution in [2.24, 2.45) is 0 Å². The number of carbonyl (C=O) groups is 2. The number of hydrogen-bond acceptors (Lipinski definition) is 3. The predicted molar refractivity (Wildman–Crippen MR) is 98.7 cm³/mol. The average molecular weight is 340 g/mol. The Labute approximate surface area is 148 Å². The Morgan fingerprint density at radius 3 is 2.52 bits per heavy atom. The van der Waals surface area contributed by atoms with Crippen LogP contribution in [-0.2, 0) is 9.59 Å². The Bertz CT molecular complexity index is 701.